The van der Waals surface area contributed by atoms with Crippen LogP contribution in [0.1, 0.15) is 18.5 Å². The van der Waals surface area contributed by atoms with E-state index < -0.39 is 0 Å². The molecule has 0 spiro atoms. The molecule has 16 heavy (non-hydrogen) atoms. The normalized spacial score (nSPS) is 19.2. The Hall–Kier alpha value is -1.06. The predicted molar refractivity (Wildman–Crippen MR) is 65.8 cm³/mol. The molecule has 1 heterocycles. The van der Waals surface area contributed by atoms with Gasteiger partial charge in [0.15, 0.2) is 0 Å². The molecular formula is C13H20N2O. The summed E-state index contributed by atoms with van der Waals surface area (Å²) in [5.74, 6) is 0.916. The molecule has 1 saturated heterocycles. The molecule has 1 aliphatic rings. The van der Waals surface area contributed by atoms with Gasteiger partial charge in [-0.1, -0.05) is 12.1 Å². The molecule has 1 N–H and O–H groups in total. The zero-order valence-corrected chi connectivity index (χ0v) is 10.2. The van der Waals surface area contributed by atoms with Gasteiger partial charge in [0.05, 0.1) is 7.11 Å². The van der Waals surface area contributed by atoms with Gasteiger partial charge >= 0.3 is 0 Å². The molecule has 1 unspecified atom stereocenters. The maximum Gasteiger partial charge on any atom is 0.118 e. The lowest BCUT2D eigenvalue weighted by molar-refractivity contribution is 0.153. The van der Waals surface area contributed by atoms with Crippen molar-refractivity contribution in [2.75, 3.05) is 27.2 Å². The highest BCUT2D eigenvalue weighted by Crippen LogP contribution is 2.18. The first-order valence-electron chi connectivity index (χ1n) is 5.77. The van der Waals surface area contributed by atoms with Crippen molar-refractivity contribution in [2.24, 2.45) is 0 Å². The third-order valence-corrected chi connectivity index (χ3v) is 3.17. The minimum Gasteiger partial charge on any atom is -0.497 e. The summed E-state index contributed by atoms with van der Waals surface area (Å²) in [6.45, 7) is 4.51. The Balaban J connectivity index is 1.90. The zero-order chi connectivity index (χ0) is 11.5. The van der Waals surface area contributed by atoms with Crippen LogP contribution in [0.25, 0.3) is 0 Å². The van der Waals surface area contributed by atoms with Crippen molar-refractivity contribution in [3.05, 3.63) is 29.8 Å². The van der Waals surface area contributed by atoms with Crippen LogP contribution in [0, 0.1) is 0 Å². The van der Waals surface area contributed by atoms with E-state index >= 15 is 0 Å². The van der Waals surface area contributed by atoms with Gasteiger partial charge in [-0.05, 0) is 31.7 Å². The molecule has 0 aromatic heterocycles. The lowest BCUT2D eigenvalue weighted by Gasteiger charge is -2.38. The lowest BCUT2D eigenvalue weighted by atomic mass is 10.0. The summed E-state index contributed by atoms with van der Waals surface area (Å²) < 4.78 is 5.15. The summed E-state index contributed by atoms with van der Waals surface area (Å²) in [4.78, 5) is 2.32. The maximum atomic E-state index is 5.15. The van der Waals surface area contributed by atoms with E-state index in [9.17, 15) is 0 Å². The molecule has 1 aromatic rings. The Bertz CT molecular complexity index is 330. The molecule has 88 valence electrons. The number of likely N-dealkylation sites (tertiary alicyclic amines) is 1. The number of nitrogens with zero attached hydrogens (tertiary/aromatic N) is 1. The van der Waals surface area contributed by atoms with E-state index in [1.54, 1.807) is 7.11 Å². The Labute approximate surface area is 97.4 Å². The fraction of sp³-hybridized carbons (Fsp3) is 0.538. The summed E-state index contributed by atoms with van der Waals surface area (Å²) in [5, 5.41) is 3.62. The highest BCUT2D eigenvalue weighted by Gasteiger charge is 2.24. The van der Waals surface area contributed by atoms with Crippen LogP contribution in [0.4, 0.5) is 0 Å². The first-order chi connectivity index (χ1) is 7.69. The van der Waals surface area contributed by atoms with Gasteiger partial charge in [0.2, 0.25) is 0 Å². The fourth-order valence-corrected chi connectivity index (χ4v) is 2.15. The first kappa shape index (κ1) is 11.4. The van der Waals surface area contributed by atoms with Gasteiger partial charge in [-0.3, -0.25) is 0 Å². The Morgan fingerprint density at radius 2 is 1.94 bits per heavy atom. The Morgan fingerprint density at radius 3 is 2.44 bits per heavy atom. The van der Waals surface area contributed by atoms with Crippen molar-refractivity contribution in [2.45, 2.75) is 19.0 Å². The summed E-state index contributed by atoms with van der Waals surface area (Å²) in [7, 11) is 3.84. The second-order valence-electron chi connectivity index (χ2n) is 4.58. The third-order valence-electron chi connectivity index (χ3n) is 3.17. The van der Waals surface area contributed by atoms with E-state index in [-0.39, 0.29) is 0 Å². The predicted octanol–water partition coefficient (Wildman–Crippen LogP) is 1.66. The number of hydrogen-bond donors (Lipinski definition) is 1. The average molecular weight is 220 g/mol. The Morgan fingerprint density at radius 1 is 1.31 bits per heavy atom. The molecule has 3 nitrogen and oxygen atoms in total. The van der Waals surface area contributed by atoms with Crippen molar-refractivity contribution in [1.29, 1.82) is 0 Å². The standard InChI is InChI=1S/C13H20N2O/c1-10(14-12-8-15(2)9-12)11-4-6-13(16-3)7-5-11/h4-7,10,12,14H,8-9H2,1-3H3. The Kier molecular flexibility index (Phi) is 3.46. The highest BCUT2D eigenvalue weighted by molar-refractivity contribution is 5.28. The van der Waals surface area contributed by atoms with Gasteiger partial charge in [0.1, 0.15) is 5.75 Å². The second-order valence-corrected chi connectivity index (χ2v) is 4.58. The molecule has 1 atom stereocenters. The van der Waals surface area contributed by atoms with Gasteiger partial charge in [0, 0.05) is 25.2 Å². The van der Waals surface area contributed by atoms with Crippen LogP contribution in [0.15, 0.2) is 24.3 Å². The molecule has 0 aliphatic carbocycles. The number of likely N-dealkylation sites (N-methyl/N-ethyl adjacent to an activating group) is 1. The van der Waals surface area contributed by atoms with Gasteiger partial charge in [-0.25, -0.2) is 0 Å². The monoisotopic (exact) mass is 220 g/mol. The second kappa shape index (κ2) is 4.85. The summed E-state index contributed by atoms with van der Waals surface area (Å²) >= 11 is 0. The molecule has 0 saturated carbocycles. The minimum atomic E-state index is 0.407. The van der Waals surface area contributed by atoms with Crippen molar-refractivity contribution in [3.8, 4) is 5.75 Å². The third kappa shape index (κ3) is 2.54. The first-order valence-corrected chi connectivity index (χ1v) is 5.77. The maximum absolute atomic E-state index is 5.15. The van der Waals surface area contributed by atoms with Crippen LogP contribution in [0.5, 0.6) is 5.75 Å². The van der Waals surface area contributed by atoms with Crippen molar-refractivity contribution >= 4 is 0 Å². The number of ether oxygens (including phenoxy) is 1. The summed E-state index contributed by atoms with van der Waals surface area (Å²) in [6.07, 6.45) is 0. The van der Waals surface area contributed by atoms with Gasteiger partial charge in [0.25, 0.3) is 0 Å². The van der Waals surface area contributed by atoms with Crippen molar-refractivity contribution in [1.82, 2.24) is 10.2 Å². The molecule has 1 aromatic carbocycles. The number of methoxy groups -OCH3 is 1. The summed E-state index contributed by atoms with van der Waals surface area (Å²) in [5.41, 5.74) is 1.32. The number of benzene rings is 1. The van der Waals surface area contributed by atoms with E-state index in [0.29, 0.717) is 12.1 Å². The highest BCUT2D eigenvalue weighted by atomic mass is 16.5. The van der Waals surface area contributed by atoms with Gasteiger partial charge in [-0.2, -0.15) is 0 Å². The van der Waals surface area contributed by atoms with Crippen LogP contribution in [-0.2, 0) is 0 Å². The van der Waals surface area contributed by atoms with E-state index in [4.69, 9.17) is 4.74 Å². The molecule has 1 fully saturated rings. The van der Waals surface area contributed by atoms with Crippen LogP contribution in [0.2, 0.25) is 0 Å². The van der Waals surface area contributed by atoms with Crippen LogP contribution < -0.4 is 10.1 Å². The van der Waals surface area contributed by atoms with Gasteiger partial charge in [-0.15, -0.1) is 0 Å². The topological polar surface area (TPSA) is 24.5 Å². The number of nitrogens with one attached hydrogen (secondary N) is 1. The van der Waals surface area contributed by atoms with E-state index in [1.807, 2.05) is 12.1 Å². The lowest BCUT2D eigenvalue weighted by Crippen LogP contribution is -2.56. The smallest absolute Gasteiger partial charge is 0.118 e. The van der Waals surface area contributed by atoms with Crippen molar-refractivity contribution in [3.63, 3.8) is 0 Å². The molecular weight excluding hydrogens is 200 g/mol. The van der Waals surface area contributed by atoms with E-state index in [1.165, 1.54) is 5.56 Å². The molecule has 0 amide bonds. The molecule has 0 bridgehead atoms. The van der Waals surface area contributed by atoms with Crippen molar-refractivity contribution < 1.29 is 4.74 Å². The average Bonchev–Trinajstić information content (AvgIpc) is 2.27. The molecule has 2 rings (SSSR count). The minimum absolute atomic E-state index is 0.407. The SMILES string of the molecule is COc1ccc(C(C)NC2CN(C)C2)cc1. The van der Waals surface area contributed by atoms with Crippen LogP contribution in [-0.4, -0.2) is 38.2 Å². The van der Waals surface area contributed by atoms with Crippen LogP contribution in [0.3, 0.4) is 0 Å². The fourth-order valence-electron chi connectivity index (χ4n) is 2.15. The van der Waals surface area contributed by atoms with E-state index in [2.05, 4.69) is 36.3 Å². The molecule has 3 heteroatoms. The van der Waals surface area contributed by atoms with Crippen LogP contribution >= 0.6 is 0 Å². The quantitative estimate of drug-likeness (QED) is 0.835. The summed E-state index contributed by atoms with van der Waals surface area (Å²) in [6, 6.07) is 9.32. The molecule has 1 aliphatic heterocycles. The largest absolute Gasteiger partial charge is 0.497 e. The number of rotatable bonds is 4. The van der Waals surface area contributed by atoms with Gasteiger partial charge < -0.3 is 15.0 Å². The number of hydrogen-bond acceptors (Lipinski definition) is 3. The zero-order valence-electron chi connectivity index (χ0n) is 10.2. The molecule has 0 radical (unpaired) electrons. The van der Waals surface area contributed by atoms with E-state index in [0.717, 1.165) is 18.8 Å².